The molecule has 0 spiro atoms. The van der Waals surface area contributed by atoms with Crippen molar-refractivity contribution < 1.29 is 32.2 Å². The van der Waals surface area contributed by atoms with Crippen LogP contribution in [0.2, 0.25) is 0 Å². The summed E-state index contributed by atoms with van der Waals surface area (Å²) in [4.78, 5) is 23.4. The monoisotopic (exact) mass is 510 g/mol. The third-order valence-corrected chi connectivity index (χ3v) is 16.9. The van der Waals surface area contributed by atoms with Crippen LogP contribution in [0.3, 0.4) is 0 Å². The van der Waals surface area contributed by atoms with Crippen LogP contribution in [0.1, 0.15) is 98.3 Å². The number of carboxylic acid groups (broad SMARTS) is 2. The van der Waals surface area contributed by atoms with Crippen LogP contribution in [0, 0.1) is 11.8 Å². The van der Waals surface area contributed by atoms with Crippen LogP contribution < -0.4 is 0 Å². The summed E-state index contributed by atoms with van der Waals surface area (Å²) in [6.45, 7) is 5.29. The number of hydrogen-bond acceptors (Lipinski definition) is 5. The molecule has 9 heteroatoms. The molecule has 0 saturated heterocycles. The van der Waals surface area contributed by atoms with E-state index < -0.39 is 46.0 Å². The van der Waals surface area contributed by atoms with E-state index in [0.717, 1.165) is 76.0 Å². The first-order chi connectivity index (χ1) is 15.5. The summed E-state index contributed by atoms with van der Waals surface area (Å²) in [6.07, 6.45) is 10.4. The average molecular weight is 511 g/mol. The standard InChI is InChI=1S/C24H47O7PS/c1-5-9-13-32(14-10-6-2,15-11-7-3,16-12-8-4)31-33(29,30)22-18-20(23(25)26)17-21(19-22)24(27)28/h20-22H,5-19H2,1-4H3,(H,25,26)(H,27,28). The zero-order valence-corrected chi connectivity index (χ0v) is 22.8. The molecule has 2 atom stereocenters. The summed E-state index contributed by atoms with van der Waals surface area (Å²) in [5.74, 6) is -4.22. The van der Waals surface area contributed by atoms with Crippen molar-refractivity contribution in [1.29, 1.82) is 0 Å². The topological polar surface area (TPSA) is 118 Å². The Morgan fingerprint density at radius 3 is 1.33 bits per heavy atom. The maximum atomic E-state index is 13.8. The normalized spacial score (nSPS) is 23.0. The molecule has 1 aliphatic carbocycles. The minimum atomic E-state index is -4.12. The van der Waals surface area contributed by atoms with Gasteiger partial charge in [-0.25, -0.2) is 0 Å². The van der Waals surface area contributed by atoms with Crippen LogP contribution in [-0.2, 0) is 23.7 Å². The molecular weight excluding hydrogens is 463 g/mol. The first-order valence-electron chi connectivity index (χ1n) is 12.9. The molecule has 1 aliphatic rings. The van der Waals surface area contributed by atoms with Gasteiger partial charge in [-0.15, -0.1) is 0 Å². The molecule has 0 aliphatic heterocycles. The molecule has 33 heavy (non-hydrogen) atoms. The molecule has 1 fully saturated rings. The Hall–Kier alpha value is -0.720. The molecule has 0 bridgehead atoms. The number of carboxylic acids is 2. The van der Waals surface area contributed by atoms with Crippen molar-refractivity contribution in [2.24, 2.45) is 11.8 Å². The van der Waals surface area contributed by atoms with Crippen molar-refractivity contribution in [2.45, 2.75) is 104 Å². The van der Waals surface area contributed by atoms with Gasteiger partial charge in [-0.3, -0.25) is 0 Å². The summed E-state index contributed by atoms with van der Waals surface area (Å²) < 4.78 is 34.2. The average Bonchev–Trinajstić information content (AvgIpc) is 2.78. The Labute approximate surface area is 201 Å². The number of unbranched alkanes of at least 4 members (excludes halogenated alkanes) is 4. The van der Waals surface area contributed by atoms with Crippen molar-refractivity contribution in [2.75, 3.05) is 24.6 Å². The minimum absolute atomic E-state index is 0.0301. The molecular formula is C24H47O7PS. The van der Waals surface area contributed by atoms with Crippen LogP contribution >= 0.6 is 6.83 Å². The predicted molar refractivity (Wildman–Crippen MR) is 136 cm³/mol. The van der Waals surface area contributed by atoms with Crippen LogP contribution in [0.4, 0.5) is 0 Å². The van der Waals surface area contributed by atoms with Gasteiger partial charge < -0.3 is 0 Å². The molecule has 0 aromatic rings. The summed E-state index contributed by atoms with van der Waals surface area (Å²) in [7, 11) is -4.12. The van der Waals surface area contributed by atoms with Gasteiger partial charge in [0.2, 0.25) is 0 Å². The van der Waals surface area contributed by atoms with Crippen molar-refractivity contribution in [3.8, 4) is 0 Å². The van der Waals surface area contributed by atoms with E-state index in [1.807, 2.05) is 0 Å². The van der Waals surface area contributed by atoms with E-state index >= 15 is 0 Å². The zero-order valence-electron chi connectivity index (χ0n) is 21.1. The molecule has 0 radical (unpaired) electrons. The summed E-state index contributed by atoms with van der Waals surface area (Å²) in [6, 6.07) is 0. The summed E-state index contributed by atoms with van der Waals surface area (Å²) in [5, 5.41) is 18.0. The van der Waals surface area contributed by atoms with Gasteiger partial charge in [0.25, 0.3) is 0 Å². The third-order valence-electron chi connectivity index (χ3n) is 7.39. The van der Waals surface area contributed by atoms with Crippen LogP contribution in [-0.4, -0.2) is 60.5 Å². The van der Waals surface area contributed by atoms with E-state index in [1.54, 1.807) is 0 Å². The number of hydrogen-bond donors (Lipinski definition) is 2. The SMILES string of the molecule is CCCCP(CCCC)(CCCC)(CCCC)OS(=O)(=O)C1CC(C(=O)O)CC(C(=O)O)C1. The van der Waals surface area contributed by atoms with E-state index in [2.05, 4.69) is 27.7 Å². The molecule has 2 unspecified atom stereocenters. The van der Waals surface area contributed by atoms with Gasteiger partial charge in [-0.05, 0) is 0 Å². The van der Waals surface area contributed by atoms with Crippen molar-refractivity contribution in [3.63, 3.8) is 0 Å². The molecule has 0 amide bonds. The number of aliphatic carboxylic acids is 2. The van der Waals surface area contributed by atoms with Gasteiger partial charge in [0.15, 0.2) is 0 Å². The van der Waals surface area contributed by atoms with Gasteiger partial charge in [0, 0.05) is 0 Å². The Bertz CT molecular complexity index is 672. The first-order valence-corrected chi connectivity index (χ1v) is 17.3. The van der Waals surface area contributed by atoms with Crippen LogP contribution in [0.5, 0.6) is 0 Å². The molecule has 1 rings (SSSR count). The Morgan fingerprint density at radius 1 is 0.727 bits per heavy atom. The first kappa shape index (κ1) is 30.3. The van der Waals surface area contributed by atoms with Gasteiger partial charge in [-0.2, -0.15) is 0 Å². The van der Waals surface area contributed by atoms with Gasteiger partial charge in [-0.1, -0.05) is 0 Å². The van der Waals surface area contributed by atoms with Crippen LogP contribution in [0.15, 0.2) is 0 Å². The van der Waals surface area contributed by atoms with E-state index in [4.69, 9.17) is 3.97 Å². The zero-order chi connectivity index (χ0) is 25.1. The second kappa shape index (κ2) is 13.4. The molecule has 196 valence electrons. The summed E-state index contributed by atoms with van der Waals surface area (Å²) in [5.41, 5.74) is 0. The second-order valence-electron chi connectivity index (χ2n) is 10.1. The predicted octanol–water partition coefficient (Wildman–Crippen LogP) is 5.96. The van der Waals surface area contributed by atoms with E-state index in [0.29, 0.717) is 0 Å². The third kappa shape index (κ3) is 8.47. The quantitative estimate of drug-likeness (QED) is 0.232. The van der Waals surface area contributed by atoms with Crippen molar-refractivity contribution in [3.05, 3.63) is 0 Å². The molecule has 7 nitrogen and oxygen atoms in total. The van der Waals surface area contributed by atoms with Gasteiger partial charge >= 0.3 is 201 Å². The van der Waals surface area contributed by atoms with Crippen molar-refractivity contribution in [1.82, 2.24) is 0 Å². The summed E-state index contributed by atoms with van der Waals surface area (Å²) >= 11 is 0. The van der Waals surface area contributed by atoms with Crippen LogP contribution in [0.25, 0.3) is 0 Å². The fourth-order valence-corrected chi connectivity index (χ4v) is 16.1. The van der Waals surface area contributed by atoms with Crippen molar-refractivity contribution >= 4 is 28.9 Å². The fourth-order valence-electron chi connectivity index (χ4n) is 5.31. The van der Waals surface area contributed by atoms with E-state index in [9.17, 15) is 28.2 Å². The van der Waals surface area contributed by atoms with Gasteiger partial charge in [0.1, 0.15) is 0 Å². The van der Waals surface area contributed by atoms with Gasteiger partial charge in [0.05, 0.1) is 0 Å². The van der Waals surface area contributed by atoms with E-state index in [1.165, 1.54) is 0 Å². The van der Waals surface area contributed by atoms with E-state index in [-0.39, 0.29) is 19.3 Å². The molecule has 1 saturated carbocycles. The Balaban J connectivity index is 3.48. The second-order valence-corrected chi connectivity index (χ2v) is 17.9. The number of rotatable bonds is 17. The molecule has 0 aromatic carbocycles. The Kier molecular flexibility index (Phi) is 12.3. The maximum absolute atomic E-state index is 13.8. The fraction of sp³-hybridized carbons (Fsp3) is 0.917. The molecule has 0 aromatic heterocycles. The molecule has 0 heterocycles. The number of carbonyl (C=O) groups is 2. The molecule has 2 N–H and O–H groups in total. The Morgan fingerprint density at radius 2 is 1.06 bits per heavy atom.